The molecular weight excluding hydrogens is 272 g/mol. The molecule has 4 aliphatic carbocycles. The highest BCUT2D eigenvalue weighted by atomic mass is 16.3. The third kappa shape index (κ3) is 1.74. The standard InChI is InChI=1S/C20H30O2/c1-18(13-22)7-3-8-19(2)16(18)6-9-20-10-14(4-5-17(19)20)15(11-20)12-21/h11-12,14,16-17,22H,3-10,13H2,1-2H3/t14-,16+,17-,18-,19+,20-/m0/s1. The molecule has 0 radical (unpaired) electrons. The van der Waals surface area contributed by atoms with Crippen LogP contribution in [0, 0.1) is 34.0 Å². The molecule has 0 unspecified atom stereocenters. The van der Waals surface area contributed by atoms with Crippen molar-refractivity contribution in [3.63, 3.8) is 0 Å². The van der Waals surface area contributed by atoms with Crippen molar-refractivity contribution in [1.29, 1.82) is 0 Å². The van der Waals surface area contributed by atoms with Crippen LogP contribution in [-0.4, -0.2) is 18.0 Å². The Hall–Kier alpha value is -0.630. The number of hydrogen-bond acceptors (Lipinski definition) is 2. The van der Waals surface area contributed by atoms with Crippen LogP contribution in [0.1, 0.15) is 65.2 Å². The number of allylic oxidation sites excluding steroid dienone is 2. The molecule has 0 aliphatic heterocycles. The lowest BCUT2D eigenvalue weighted by Crippen LogP contribution is -2.57. The second-order valence-electron chi connectivity index (χ2n) is 9.29. The van der Waals surface area contributed by atoms with E-state index in [1.807, 2.05) is 0 Å². The smallest absolute Gasteiger partial charge is 0.146 e. The predicted molar refractivity (Wildman–Crippen MR) is 87.3 cm³/mol. The third-order valence-corrected chi connectivity index (χ3v) is 8.34. The zero-order chi connectivity index (χ0) is 15.6. The molecule has 4 aliphatic rings. The number of fused-ring (bicyclic) bond motifs is 3. The van der Waals surface area contributed by atoms with Crippen LogP contribution in [0.25, 0.3) is 0 Å². The summed E-state index contributed by atoms with van der Waals surface area (Å²) in [6.07, 6.45) is 13.5. The molecule has 3 saturated carbocycles. The number of carbonyl (C=O) groups is 1. The molecule has 1 N–H and O–H groups in total. The van der Waals surface area contributed by atoms with E-state index in [1.54, 1.807) is 0 Å². The molecule has 0 aromatic rings. The monoisotopic (exact) mass is 302 g/mol. The normalized spacial score (nSPS) is 53.4. The van der Waals surface area contributed by atoms with Crippen molar-refractivity contribution < 1.29 is 9.90 Å². The topological polar surface area (TPSA) is 37.3 Å². The van der Waals surface area contributed by atoms with Crippen LogP contribution < -0.4 is 0 Å². The summed E-state index contributed by atoms with van der Waals surface area (Å²) in [5.41, 5.74) is 1.87. The maximum atomic E-state index is 11.4. The highest BCUT2D eigenvalue weighted by Gasteiger charge is 2.62. The Labute approximate surface area is 134 Å². The summed E-state index contributed by atoms with van der Waals surface area (Å²) in [6.45, 7) is 5.18. The van der Waals surface area contributed by atoms with Crippen LogP contribution >= 0.6 is 0 Å². The Bertz CT molecular complexity index is 524. The quantitative estimate of drug-likeness (QED) is 0.779. The third-order valence-electron chi connectivity index (χ3n) is 8.34. The second kappa shape index (κ2) is 4.69. The second-order valence-corrected chi connectivity index (χ2v) is 9.29. The molecule has 0 amide bonds. The van der Waals surface area contributed by atoms with Gasteiger partial charge >= 0.3 is 0 Å². The van der Waals surface area contributed by atoms with Gasteiger partial charge in [0.1, 0.15) is 6.29 Å². The Kier molecular flexibility index (Phi) is 3.18. The maximum absolute atomic E-state index is 11.4. The van der Waals surface area contributed by atoms with Gasteiger partial charge in [0.25, 0.3) is 0 Å². The number of hydrogen-bond donors (Lipinski definition) is 1. The minimum Gasteiger partial charge on any atom is -0.396 e. The average molecular weight is 302 g/mol. The van der Waals surface area contributed by atoms with Gasteiger partial charge in [0.2, 0.25) is 0 Å². The van der Waals surface area contributed by atoms with Gasteiger partial charge in [0.05, 0.1) is 0 Å². The van der Waals surface area contributed by atoms with Gasteiger partial charge in [-0.3, -0.25) is 4.79 Å². The van der Waals surface area contributed by atoms with E-state index < -0.39 is 0 Å². The van der Waals surface area contributed by atoms with E-state index in [0.29, 0.717) is 29.3 Å². The van der Waals surface area contributed by atoms with Gasteiger partial charge in [-0.1, -0.05) is 26.3 Å². The maximum Gasteiger partial charge on any atom is 0.146 e. The molecule has 2 bridgehead atoms. The zero-order valence-corrected chi connectivity index (χ0v) is 14.1. The molecule has 0 aromatic carbocycles. The predicted octanol–water partition coefficient (Wildman–Crippen LogP) is 4.13. The first kappa shape index (κ1) is 14.9. The molecule has 22 heavy (non-hydrogen) atoms. The lowest BCUT2D eigenvalue weighted by atomic mass is 9.41. The van der Waals surface area contributed by atoms with Crippen LogP contribution in [0.4, 0.5) is 0 Å². The average Bonchev–Trinajstić information content (AvgIpc) is 2.77. The fraction of sp³-hybridized carbons (Fsp3) is 0.850. The van der Waals surface area contributed by atoms with Crippen molar-refractivity contribution in [2.45, 2.75) is 65.2 Å². The summed E-state index contributed by atoms with van der Waals surface area (Å²) in [6, 6.07) is 0. The first-order valence-electron chi connectivity index (χ1n) is 9.26. The van der Waals surface area contributed by atoms with Gasteiger partial charge in [-0.25, -0.2) is 0 Å². The Morgan fingerprint density at radius 2 is 2.00 bits per heavy atom. The van der Waals surface area contributed by atoms with Crippen LogP contribution in [0.15, 0.2) is 11.6 Å². The Balaban J connectivity index is 1.75. The van der Waals surface area contributed by atoms with Crippen LogP contribution in [0.5, 0.6) is 0 Å². The molecule has 0 heterocycles. The minimum atomic E-state index is 0.112. The van der Waals surface area contributed by atoms with E-state index in [-0.39, 0.29) is 5.41 Å². The molecule has 4 rings (SSSR count). The van der Waals surface area contributed by atoms with Gasteiger partial charge in [-0.05, 0) is 84.5 Å². The number of aldehydes is 1. The largest absolute Gasteiger partial charge is 0.396 e. The van der Waals surface area contributed by atoms with E-state index >= 15 is 0 Å². The van der Waals surface area contributed by atoms with Crippen LogP contribution in [0.2, 0.25) is 0 Å². The highest BCUT2D eigenvalue weighted by Crippen LogP contribution is 2.70. The number of aliphatic hydroxyl groups is 1. The van der Waals surface area contributed by atoms with Crippen molar-refractivity contribution in [3.05, 3.63) is 11.6 Å². The van der Waals surface area contributed by atoms with E-state index in [2.05, 4.69) is 19.9 Å². The van der Waals surface area contributed by atoms with Crippen molar-refractivity contribution in [2.75, 3.05) is 6.61 Å². The molecule has 122 valence electrons. The van der Waals surface area contributed by atoms with Crippen LogP contribution in [-0.2, 0) is 4.79 Å². The summed E-state index contributed by atoms with van der Waals surface area (Å²) < 4.78 is 0. The van der Waals surface area contributed by atoms with E-state index in [1.165, 1.54) is 51.4 Å². The minimum absolute atomic E-state index is 0.112. The first-order chi connectivity index (χ1) is 10.5. The molecule has 0 saturated heterocycles. The molecule has 6 atom stereocenters. The van der Waals surface area contributed by atoms with Gasteiger partial charge in [0, 0.05) is 6.61 Å². The molecule has 1 spiro atoms. The highest BCUT2D eigenvalue weighted by molar-refractivity contribution is 5.75. The first-order valence-corrected chi connectivity index (χ1v) is 9.26. The number of rotatable bonds is 2. The Morgan fingerprint density at radius 1 is 1.18 bits per heavy atom. The fourth-order valence-corrected chi connectivity index (χ4v) is 7.43. The summed E-state index contributed by atoms with van der Waals surface area (Å²) in [7, 11) is 0. The van der Waals surface area contributed by atoms with E-state index in [9.17, 15) is 9.90 Å². The van der Waals surface area contributed by atoms with Gasteiger partial charge in [-0.2, -0.15) is 0 Å². The lowest BCUT2D eigenvalue weighted by Gasteiger charge is -2.64. The SMILES string of the molecule is C[C@@]1(CO)CCC[C@]2(C)[C@@H]1CC[C@]13C=C(C=O)[C@@H](CC[C@H]12)C3. The van der Waals surface area contributed by atoms with Gasteiger partial charge in [0.15, 0.2) is 0 Å². The molecule has 2 nitrogen and oxygen atoms in total. The summed E-state index contributed by atoms with van der Waals surface area (Å²) in [4.78, 5) is 11.4. The Morgan fingerprint density at radius 3 is 2.73 bits per heavy atom. The number of aliphatic hydroxyl groups excluding tert-OH is 1. The summed E-state index contributed by atoms with van der Waals surface area (Å²) in [5.74, 6) is 1.92. The summed E-state index contributed by atoms with van der Waals surface area (Å²) >= 11 is 0. The van der Waals surface area contributed by atoms with Crippen molar-refractivity contribution in [1.82, 2.24) is 0 Å². The zero-order valence-electron chi connectivity index (χ0n) is 14.1. The molecule has 2 heteroatoms. The lowest BCUT2D eigenvalue weighted by molar-refractivity contribution is -0.149. The number of carbonyl (C=O) groups excluding carboxylic acids is 1. The van der Waals surface area contributed by atoms with Gasteiger partial charge < -0.3 is 5.11 Å². The van der Waals surface area contributed by atoms with Crippen molar-refractivity contribution >= 4 is 6.29 Å². The van der Waals surface area contributed by atoms with Crippen LogP contribution in [0.3, 0.4) is 0 Å². The van der Waals surface area contributed by atoms with E-state index in [4.69, 9.17) is 0 Å². The molecule has 3 fully saturated rings. The molecule has 0 aromatic heterocycles. The fourth-order valence-electron chi connectivity index (χ4n) is 7.43. The van der Waals surface area contributed by atoms with Gasteiger partial charge in [-0.15, -0.1) is 0 Å². The van der Waals surface area contributed by atoms with Crippen molar-refractivity contribution in [3.8, 4) is 0 Å². The molecular formula is C20H30O2. The van der Waals surface area contributed by atoms with E-state index in [0.717, 1.165) is 17.8 Å². The summed E-state index contributed by atoms with van der Waals surface area (Å²) in [5, 5.41) is 10.1. The van der Waals surface area contributed by atoms with Crippen molar-refractivity contribution in [2.24, 2.45) is 34.0 Å².